The molecule has 2 aromatic carbocycles. The van der Waals surface area contributed by atoms with Crippen LogP contribution in [0.15, 0.2) is 71.1 Å². The molecule has 1 aromatic heterocycles. The summed E-state index contributed by atoms with van der Waals surface area (Å²) >= 11 is 0. The van der Waals surface area contributed by atoms with Crippen LogP contribution in [-0.2, 0) is 21.0 Å². The Morgan fingerprint density at radius 3 is 2.46 bits per heavy atom. The number of furan rings is 1. The lowest BCUT2D eigenvalue weighted by Gasteiger charge is -2.32. The van der Waals surface area contributed by atoms with Crippen molar-refractivity contribution >= 4 is 24.2 Å². The summed E-state index contributed by atoms with van der Waals surface area (Å²) in [4.78, 5) is 55.0. The van der Waals surface area contributed by atoms with Crippen LogP contribution < -0.4 is 10.6 Å². The van der Waals surface area contributed by atoms with Gasteiger partial charge >= 0.3 is 5.97 Å². The average Bonchev–Trinajstić information content (AvgIpc) is 3.49. The number of nitrogens with zero attached hydrogens (tertiary/aromatic N) is 1. The molecule has 1 unspecified atom stereocenters. The van der Waals surface area contributed by atoms with Gasteiger partial charge in [-0.05, 0) is 42.7 Å². The van der Waals surface area contributed by atoms with Crippen molar-refractivity contribution in [3.05, 3.63) is 83.6 Å². The summed E-state index contributed by atoms with van der Waals surface area (Å²) in [6.45, 7) is 4.02. The van der Waals surface area contributed by atoms with Gasteiger partial charge in [-0.25, -0.2) is 9.86 Å². The van der Waals surface area contributed by atoms with Crippen molar-refractivity contribution in [1.29, 1.82) is 0 Å². The minimum atomic E-state index is -1.07. The van der Waals surface area contributed by atoms with E-state index in [0.717, 1.165) is 24.8 Å². The molecule has 1 heterocycles. The summed E-state index contributed by atoms with van der Waals surface area (Å²) in [5.74, 6) is -2.09. The third-order valence-electron chi connectivity index (χ3n) is 6.73. The van der Waals surface area contributed by atoms with Gasteiger partial charge in [-0.15, -0.1) is 0 Å². The SMILES string of the molecule is CCCCCC(C(=O)NCNC(=O)c1ccc(-c2cccc(C(=O)O)c2)o1)[C@@H](CC)N(C=O)OCc1ccccc1. The fraction of sp³-hybridized carbons (Fsp3) is 0.355. The van der Waals surface area contributed by atoms with E-state index in [2.05, 4.69) is 17.6 Å². The lowest BCUT2D eigenvalue weighted by Crippen LogP contribution is -2.48. The van der Waals surface area contributed by atoms with Crippen molar-refractivity contribution in [3.63, 3.8) is 0 Å². The highest BCUT2D eigenvalue weighted by molar-refractivity contribution is 5.93. The van der Waals surface area contributed by atoms with Crippen LogP contribution >= 0.6 is 0 Å². The Labute approximate surface area is 239 Å². The third-order valence-corrected chi connectivity index (χ3v) is 6.73. The zero-order chi connectivity index (χ0) is 29.6. The lowest BCUT2D eigenvalue weighted by molar-refractivity contribution is -0.200. The maximum Gasteiger partial charge on any atom is 0.335 e. The Morgan fingerprint density at radius 1 is 1.00 bits per heavy atom. The van der Waals surface area contributed by atoms with Crippen LogP contribution in [0.25, 0.3) is 11.3 Å². The Kier molecular flexibility index (Phi) is 12.1. The molecular weight excluding hydrogens is 526 g/mol. The summed E-state index contributed by atoms with van der Waals surface area (Å²) in [6, 6.07) is 18.2. The number of unbranched alkanes of at least 4 members (excludes halogenated alkanes) is 2. The predicted octanol–water partition coefficient (Wildman–Crippen LogP) is 5.01. The molecule has 0 saturated heterocycles. The number of hydrogen-bond acceptors (Lipinski definition) is 6. The topological polar surface area (TPSA) is 138 Å². The van der Waals surface area contributed by atoms with Crippen molar-refractivity contribution in [3.8, 4) is 11.3 Å². The highest BCUT2D eigenvalue weighted by atomic mass is 16.7. The first kappa shape index (κ1) is 31.1. The fourth-order valence-corrected chi connectivity index (χ4v) is 4.53. The molecule has 3 aromatic rings. The standard InChI is InChI=1S/C31H37N3O7/c1-3-5-7-15-25(26(4-2)34(21-35)40-19-22-11-8-6-9-12-22)29(36)32-20-33-30(37)28-17-16-27(41-28)23-13-10-14-24(18-23)31(38)39/h6,8-14,16-18,21,25-26H,3-5,7,15,19-20H2,1-2H3,(H,32,36)(H,33,37)(H,38,39)/t25?,26-/m1/s1. The van der Waals surface area contributed by atoms with E-state index in [1.807, 2.05) is 37.3 Å². The molecule has 0 aliphatic heterocycles. The lowest BCUT2D eigenvalue weighted by atomic mass is 9.90. The number of nitrogens with one attached hydrogen (secondary N) is 2. The molecule has 10 nitrogen and oxygen atoms in total. The molecule has 3 N–H and O–H groups in total. The van der Waals surface area contributed by atoms with Crippen molar-refractivity contribution in [2.75, 3.05) is 6.67 Å². The van der Waals surface area contributed by atoms with Crippen LogP contribution in [0.1, 0.15) is 72.4 Å². The van der Waals surface area contributed by atoms with E-state index < -0.39 is 23.8 Å². The van der Waals surface area contributed by atoms with E-state index in [1.54, 1.807) is 18.2 Å². The molecule has 0 aliphatic rings. The minimum Gasteiger partial charge on any atom is -0.478 e. The number of carboxylic acid groups (broad SMARTS) is 1. The number of rotatable bonds is 17. The summed E-state index contributed by atoms with van der Waals surface area (Å²) in [6.07, 6.45) is 4.40. The van der Waals surface area contributed by atoms with Gasteiger partial charge < -0.3 is 20.2 Å². The van der Waals surface area contributed by atoms with Crippen LogP contribution in [0.2, 0.25) is 0 Å². The fourth-order valence-electron chi connectivity index (χ4n) is 4.53. The highest BCUT2D eigenvalue weighted by Crippen LogP contribution is 2.24. The van der Waals surface area contributed by atoms with E-state index in [1.165, 1.54) is 23.3 Å². The largest absolute Gasteiger partial charge is 0.478 e. The maximum atomic E-state index is 13.3. The van der Waals surface area contributed by atoms with Gasteiger partial charge in [0.25, 0.3) is 5.91 Å². The molecule has 10 heteroatoms. The van der Waals surface area contributed by atoms with E-state index in [9.17, 15) is 24.3 Å². The molecule has 218 valence electrons. The third kappa shape index (κ3) is 9.04. The molecule has 0 radical (unpaired) electrons. The van der Waals surface area contributed by atoms with Crippen molar-refractivity contribution in [1.82, 2.24) is 15.7 Å². The number of hydroxylamine groups is 2. The second-order valence-corrected chi connectivity index (χ2v) is 9.58. The molecular formula is C31H37N3O7. The second kappa shape index (κ2) is 16.0. The Morgan fingerprint density at radius 2 is 1.78 bits per heavy atom. The molecule has 0 fully saturated rings. The van der Waals surface area contributed by atoms with Crippen LogP contribution in [0, 0.1) is 5.92 Å². The zero-order valence-electron chi connectivity index (χ0n) is 23.4. The molecule has 41 heavy (non-hydrogen) atoms. The van der Waals surface area contributed by atoms with Gasteiger partial charge in [-0.3, -0.25) is 19.2 Å². The molecule has 3 amide bonds. The van der Waals surface area contributed by atoms with E-state index in [-0.39, 0.29) is 30.5 Å². The number of benzene rings is 2. The van der Waals surface area contributed by atoms with E-state index in [0.29, 0.717) is 30.6 Å². The Balaban J connectivity index is 1.61. The number of carboxylic acids is 1. The number of amides is 3. The predicted molar refractivity (Wildman–Crippen MR) is 152 cm³/mol. The van der Waals surface area contributed by atoms with Gasteiger partial charge in [0.15, 0.2) is 5.76 Å². The van der Waals surface area contributed by atoms with Gasteiger partial charge in [0, 0.05) is 5.56 Å². The minimum absolute atomic E-state index is 0.0161. The van der Waals surface area contributed by atoms with Crippen LogP contribution in [0.4, 0.5) is 0 Å². The highest BCUT2D eigenvalue weighted by Gasteiger charge is 2.32. The number of carbonyl (C=O) groups excluding carboxylic acids is 3. The van der Waals surface area contributed by atoms with Crippen LogP contribution in [0.3, 0.4) is 0 Å². The summed E-state index contributed by atoms with van der Waals surface area (Å²) in [5.41, 5.74) is 1.52. The van der Waals surface area contributed by atoms with Gasteiger partial charge in [0.2, 0.25) is 12.3 Å². The Hall–Kier alpha value is -4.44. The van der Waals surface area contributed by atoms with Gasteiger partial charge in [-0.2, -0.15) is 0 Å². The summed E-state index contributed by atoms with van der Waals surface area (Å²) < 4.78 is 5.62. The van der Waals surface area contributed by atoms with Crippen LogP contribution in [0.5, 0.6) is 0 Å². The number of carbonyl (C=O) groups is 4. The summed E-state index contributed by atoms with van der Waals surface area (Å²) in [5, 5.41) is 15.8. The average molecular weight is 564 g/mol. The van der Waals surface area contributed by atoms with Gasteiger partial charge in [0.1, 0.15) is 12.4 Å². The molecule has 0 aliphatic carbocycles. The number of aromatic carboxylic acids is 1. The van der Waals surface area contributed by atoms with Crippen molar-refractivity contribution < 1.29 is 33.5 Å². The second-order valence-electron chi connectivity index (χ2n) is 9.58. The smallest absolute Gasteiger partial charge is 0.335 e. The Bertz CT molecular complexity index is 1290. The monoisotopic (exact) mass is 563 g/mol. The van der Waals surface area contributed by atoms with E-state index >= 15 is 0 Å². The van der Waals surface area contributed by atoms with Crippen LogP contribution in [-0.4, -0.2) is 47.1 Å². The molecule has 0 bridgehead atoms. The maximum absolute atomic E-state index is 13.3. The quantitative estimate of drug-likeness (QED) is 0.0908. The summed E-state index contributed by atoms with van der Waals surface area (Å²) in [7, 11) is 0. The first-order valence-corrected chi connectivity index (χ1v) is 13.8. The molecule has 2 atom stereocenters. The molecule has 0 saturated carbocycles. The molecule has 0 spiro atoms. The normalized spacial score (nSPS) is 12.2. The first-order valence-electron chi connectivity index (χ1n) is 13.8. The van der Waals surface area contributed by atoms with E-state index in [4.69, 9.17) is 9.25 Å². The number of hydrogen-bond donors (Lipinski definition) is 3. The molecule has 3 rings (SSSR count). The van der Waals surface area contributed by atoms with Gasteiger partial charge in [0.05, 0.1) is 24.2 Å². The van der Waals surface area contributed by atoms with Gasteiger partial charge in [-0.1, -0.05) is 75.6 Å². The zero-order valence-corrected chi connectivity index (χ0v) is 23.4. The first-order chi connectivity index (χ1) is 19.9. The van der Waals surface area contributed by atoms with Crippen molar-refractivity contribution in [2.45, 2.75) is 58.6 Å². The van der Waals surface area contributed by atoms with Crippen molar-refractivity contribution in [2.24, 2.45) is 5.92 Å².